The highest BCUT2D eigenvalue weighted by atomic mass is 79.9. The molecule has 1 saturated heterocycles. The number of hydrogen-bond acceptors (Lipinski definition) is 3. The van der Waals surface area contributed by atoms with Crippen LogP contribution in [0.1, 0.15) is 18.7 Å². The van der Waals surface area contributed by atoms with E-state index in [9.17, 15) is 0 Å². The third kappa shape index (κ3) is 2.65. The van der Waals surface area contributed by atoms with Crippen LogP contribution in [-0.2, 0) is 6.42 Å². The first-order chi connectivity index (χ1) is 8.31. The highest BCUT2D eigenvalue weighted by Gasteiger charge is 2.16. The van der Waals surface area contributed by atoms with Gasteiger partial charge >= 0.3 is 0 Å². The summed E-state index contributed by atoms with van der Waals surface area (Å²) >= 11 is 5.52. The Labute approximate surface area is 113 Å². The predicted molar refractivity (Wildman–Crippen MR) is 74.4 cm³/mol. The molecular weight excluding hydrogens is 298 g/mol. The summed E-state index contributed by atoms with van der Waals surface area (Å²) in [6, 6.07) is 3.99. The zero-order valence-corrected chi connectivity index (χ0v) is 11.9. The molecule has 0 saturated carbocycles. The minimum Gasteiger partial charge on any atom is -0.221 e. The first-order valence-corrected chi connectivity index (χ1v) is 7.84. The fourth-order valence-electron chi connectivity index (χ4n) is 2.22. The number of nitrogens with zero attached hydrogens (tertiary/aromatic N) is 3. The molecule has 1 aliphatic rings. The van der Waals surface area contributed by atoms with Crippen molar-refractivity contribution in [1.29, 1.82) is 0 Å². The van der Waals surface area contributed by atoms with Gasteiger partial charge in [-0.25, -0.2) is 9.50 Å². The minimum absolute atomic E-state index is 0.759. The van der Waals surface area contributed by atoms with Crippen molar-refractivity contribution in [1.82, 2.24) is 14.6 Å². The summed E-state index contributed by atoms with van der Waals surface area (Å²) in [4.78, 5) is 4.58. The van der Waals surface area contributed by atoms with Crippen LogP contribution in [0.15, 0.2) is 22.8 Å². The maximum absolute atomic E-state index is 4.58. The fourth-order valence-corrected chi connectivity index (χ4v) is 3.69. The van der Waals surface area contributed by atoms with Crippen molar-refractivity contribution < 1.29 is 0 Å². The molecule has 0 spiro atoms. The van der Waals surface area contributed by atoms with E-state index in [0.717, 1.165) is 28.3 Å². The number of pyridine rings is 1. The summed E-state index contributed by atoms with van der Waals surface area (Å²) in [6.07, 6.45) is 5.64. The molecule has 0 bridgehead atoms. The van der Waals surface area contributed by atoms with E-state index in [0.29, 0.717) is 0 Å². The van der Waals surface area contributed by atoms with Crippen LogP contribution >= 0.6 is 27.7 Å². The van der Waals surface area contributed by atoms with Crippen molar-refractivity contribution in [2.24, 2.45) is 5.92 Å². The highest BCUT2D eigenvalue weighted by Crippen LogP contribution is 2.25. The Morgan fingerprint density at radius 2 is 2.47 bits per heavy atom. The lowest BCUT2D eigenvalue weighted by Crippen LogP contribution is -2.13. The Kier molecular flexibility index (Phi) is 3.38. The van der Waals surface area contributed by atoms with Gasteiger partial charge in [-0.05, 0) is 42.4 Å². The average Bonchev–Trinajstić information content (AvgIpc) is 2.71. The lowest BCUT2D eigenvalue weighted by molar-refractivity contribution is 0.508. The van der Waals surface area contributed by atoms with E-state index in [4.69, 9.17) is 0 Å². The fraction of sp³-hybridized carbons (Fsp3) is 0.500. The molecule has 0 N–H and O–H groups in total. The van der Waals surface area contributed by atoms with Crippen molar-refractivity contribution in [3.05, 3.63) is 28.6 Å². The van der Waals surface area contributed by atoms with E-state index in [2.05, 4.69) is 37.8 Å². The molecule has 2 aromatic rings. The van der Waals surface area contributed by atoms with Crippen molar-refractivity contribution in [3.63, 3.8) is 0 Å². The van der Waals surface area contributed by atoms with Gasteiger partial charge in [-0.2, -0.15) is 16.9 Å². The van der Waals surface area contributed by atoms with Gasteiger partial charge in [-0.1, -0.05) is 15.9 Å². The van der Waals surface area contributed by atoms with Gasteiger partial charge in [-0.15, -0.1) is 0 Å². The van der Waals surface area contributed by atoms with Crippen LogP contribution in [0, 0.1) is 5.92 Å². The summed E-state index contributed by atoms with van der Waals surface area (Å²) in [7, 11) is 0. The molecule has 0 aliphatic carbocycles. The third-order valence-corrected chi connectivity index (χ3v) is 4.85. The van der Waals surface area contributed by atoms with Gasteiger partial charge in [0.1, 0.15) is 0 Å². The number of halogens is 1. The van der Waals surface area contributed by atoms with E-state index < -0.39 is 0 Å². The molecule has 1 fully saturated rings. The molecule has 0 radical (unpaired) electrons. The van der Waals surface area contributed by atoms with Gasteiger partial charge in [0.15, 0.2) is 11.5 Å². The second-order valence-electron chi connectivity index (χ2n) is 4.46. The van der Waals surface area contributed by atoms with Crippen molar-refractivity contribution in [2.45, 2.75) is 19.3 Å². The molecule has 3 nitrogen and oxygen atoms in total. The van der Waals surface area contributed by atoms with Gasteiger partial charge in [0.2, 0.25) is 0 Å². The monoisotopic (exact) mass is 311 g/mol. The van der Waals surface area contributed by atoms with E-state index in [1.54, 1.807) is 0 Å². The van der Waals surface area contributed by atoms with Crippen LogP contribution in [0.2, 0.25) is 0 Å². The number of rotatable bonds is 2. The second kappa shape index (κ2) is 4.98. The average molecular weight is 312 g/mol. The summed E-state index contributed by atoms with van der Waals surface area (Å²) in [6.45, 7) is 0. The summed E-state index contributed by atoms with van der Waals surface area (Å²) in [5.41, 5.74) is 0.929. The second-order valence-corrected chi connectivity index (χ2v) is 6.53. The van der Waals surface area contributed by atoms with E-state index in [1.165, 1.54) is 24.3 Å². The summed E-state index contributed by atoms with van der Waals surface area (Å²) in [5.74, 6) is 4.33. The molecule has 1 atom stereocenters. The molecule has 1 aliphatic heterocycles. The van der Waals surface area contributed by atoms with Gasteiger partial charge in [0, 0.05) is 17.1 Å². The zero-order valence-electron chi connectivity index (χ0n) is 9.47. The first kappa shape index (κ1) is 11.5. The third-order valence-electron chi connectivity index (χ3n) is 3.07. The van der Waals surface area contributed by atoms with Crippen LogP contribution in [-0.4, -0.2) is 26.1 Å². The maximum atomic E-state index is 4.58. The molecule has 3 rings (SSSR count). The highest BCUT2D eigenvalue weighted by molar-refractivity contribution is 9.10. The Hall–Kier alpha value is -0.550. The van der Waals surface area contributed by atoms with Crippen LogP contribution in [0.3, 0.4) is 0 Å². The SMILES string of the molecule is Brc1ccn2nc(CC3CCCSC3)nc2c1. The quantitative estimate of drug-likeness (QED) is 0.853. The van der Waals surface area contributed by atoms with E-state index >= 15 is 0 Å². The topological polar surface area (TPSA) is 30.2 Å². The molecule has 1 unspecified atom stereocenters. The van der Waals surface area contributed by atoms with Gasteiger partial charge < -0.3 is 0 Å². The Morgan fingerprint density at radius 3 is 3.29 bits per heavy atom. The van der Waals surface area contributed by atoms with Gasteiger partial charge in [0.25, 0.3) is 0 Å². The van der Waals surface area contributed by atoms with Crippen LogP contribution in [0.4, 0.5) is 0 Å². The van der Waals surface area contributed by atoms with Crippen LogP contribution in [0.5, 0.6) is 0 Å². The molecule has 2 aromatic heterocycles. The minimum atomic E-state index is 0.759. The Bertz CT molecular complexity index is 519. The van der Waals surface area contributed by atoms with Crippen molar-refractivity contribution in [2.75, 3.05) is 11.5 Å². The van der Waals surface area contributed by atoms with Crippen LogP contribution < -0.4 is 0 Å². The Balaban J connectivity index is 1.80. The molecule has 5 heteroatoms. The predicted octanol–water partition coefficient (Wildman–Crippen LogP) is 3.18. The number of fused-ring (bicyclic) bond motifs is 1. The smallest absolute Gasteiger partial charge is 0.156 e. The molecule has 17 heavy (non-hydrogen) atoms. The largest absolute Gasteiger partial charge is 0.221 e. The van der Waals surface area contributed by atoms with Crippen LogP contribution in [0.25, 0.3) is 5.65 Å². The zero-order chi connectivity index (χ0) is 11.7. The molecule has 90 valence electrons. The first-order valence-electron chi connectivity index (χ1n) is 5.90. The lowest BCUT2D eigenvalue weighted by atomic mass is 10.0. The summed E-state index contributed by atoms with van der Waals surface area (Å²) in [5, 5.41) is 4.52. The standard InChI is InChI=1S/C12H14BrN3S/c13-10-3-4-16-12(7-10)14-11(15-16)6-9-2-1-5-17-8-9/h3-4,7,9H,1-2,5-6,8H2. The molecule has 0 amide bonds. The normalized spacial score (nSPS) is 20.9. The lowest BCUT2D eigenvalue weighted by Gasteiger charge is -2.19. The number of thioether (sulfide) groups is 1. The van der Waals surface area contributed by atoms with Gasteiger partial charge in [-0.3, -0.25) is 0 Å². The molecule has 0 aromatic carbocycles. The maximum Gasteiger partial charge on any atom is 0.156 e. The van der Waals surface area contributed by atoms with E-state index in [-0.39, 0.29) is 0 Å². The number of hydrogen-bond donors (Lipinski definition) is 0. The van der Waals surface area contributed by atoms with Crippen molar-refractivity contribution in [3.8, 4) is 0 Å². The number of aromatic nitrogens is 3. The van der Waals surface area contributed by atoms with E-state index in [1.807, 2.05) is 22.8 Å². The Morgan fingerprint density at radius 1 is 1.53 bits per heavy atom. The molecule has 3 heterocycles. The molecular formula is C12H14BrN3S. The van der Waals surface area contributed by atoms with Gasteiger partial charge in [0.05, 0.1) is 0 Å². The van der Waals surface area contributed by atoms with Crippen molar-refractivity contribution >= 4 is 33.3 Å². The summed E-state index contributed by atoms with van der Waals surface area (Å²) < 4.78 is 2.91.